The molecule has 8 nitrogen and oxygen atoms in total. The molecule has 1 heterocycles. The number of amides is 1. The van der Waals surface area contributed by atoms with E-state index in [9.17, 15) is 13.2 Å². The molecule has 1 aliphatic heterocycles. The van der Waals surface area contributed by atoms with Crippen LogP contribution < -0.4 is 5.32 Å². The predicted octanol–water partition coefficient (Wildman–Crippen LogP) is 1.62. The Morgan fingerprint density at radius 3 is 2.47 bits per heavy atom. The molecule has 1 fully saturated rings. The summed E-state index contributed by atoms with van der Waals surface area (Å²) in [6, 6.07) is 15.3. The number of oxime groups is 1. The summed E-state index contributed by atoms with van der Waals surface area (Å²) in [5.74, 6) is -0.422. The number of carbonyl (C=O) groups is 1. The molecule has 2 N–H and O–H groups in total. The van der Waals surface area contributed by atoms with Gasteiger partial charge in [-0.1, -0.05) is 47.6 Å². The number of rotatable bonds is 8. The summed E-state index contributed by atoms with van der Waals surface area (Å²) < 4.78 is 27.7. The smallest absolute Gasteiger partial charge is 0.244 e. The monoisotopic (exact) mass is 431 g/mol. The summed E-state index contributed by atoms with van der Waals surface area (Å²) >= 11 is 0. The van der Waals surface area contributed by atoms with E-state index in [0.717, 1.165) is 15.4 Å². The molecule has 0 unspecified atom stereocenters. The normalized spacial score (nSPS) is 18.5. The van der Waals surface area contributed by atoms with Gasteiger partial charge in [0.25, 0.3) is 0 Å². The maximum Gasteiger partial charge on any atom is 0.244 e. The molecule has 160 valence electrons. The van der Waals surface area contributed by atoms with E-state index in [1.807, 2.05) is 30.3 Å². The van der Waals surface area contributed by atoms with E-state index in [-0.39, 0.29) is 31.0 Å². The summed E-state index contributed by atoms with van der Waals surface area (Å²) in [7, 11) is -2.55. The van der Waals surface area contributed by atoms with Gasteiger partial charge in [0, 0.05) is 19.6 Å². The van der Waals surface area contributed by atoms with Crippen molar-refractivity contribution in [1.29, 1.82) is 0 Å². The first-order valence-electron chi connectivity index (χ1n) is 9.62. The number of hydrogen-bond acceptors (Lipinski definition) is 6. The molecule has 0 bridgehead atoms. The van der Waals surface area contributed by atoms with E-state index in [1.165, 1.54) is 7.11 Å². The van der Waals surface area contributed by atoms with Crippen LogP contribution in [0, 0.1) is 0 Å². The van der Waals surface area contributed by atoms with Gasteiger partial charge in [-0.15, -0.1) is 0 Å². The Morgan fingerprint density at radius 1 is 1.17 bits per heavy atom. The highest BCUT2D eigenvalue weighted by Crippen LogP contribution is 2.27. The predicted molar refractivity (Wildman–Crippen MR) is 113 cm³/mol. The van der Waals surface area contributed by atoms with Crippen molar-refractivity contribution in [3.05, 3.63) is 54.6 Å². The fraction of sp³-hybridized carbons (Fsp3) is 0.333. The van der Waals surface area contributed by atoms with Crippen LogP contribution in [0.25, 0.3) is 11.1 Å². The van der Waals surface area contributed by atoms with E-state index in [1.54, 1.807) is 24.3 Å². The fourth-order valence-corrected chi connectivity index (χ4v) is 4.92. The lowest BCUT2D eigenvalue weighted by atomic mass is 10.1. The Labute approximate surface area is 176 Å². The van der Waals surface area contributed by atoms with Gasteiger partial charge in [-0.2, -0.15) is 4.31 Å². The second kappa shape index (κ2) is 9.84. The largest absolute Gasteiger partial charge is 0.399 e. The Hall–Kier alpha value is -2.75. The SMILES string of the molecule is CO/N=C1\C[C@@H](C(=O)NCCCO)N(S(=O)(=O)c2ccc(-c3ccccc3)cc2)C1. The fourth-order valence-electron chi connectivity index (χ4n) is 3.34. The van der Waals surface area contributed by atoms with Crippen molar-refractivity contribution in [2.75, 3.05) is 26.8 Å². The molecule has 1 atom stereocenters. The molecule has 0 aliphatic carbocycles. The Bertz CT molecular complexity index is 991. The number of benzene rings is 2. The van der Waals surface area contributed by atoms with Crippen molar-refractivity contribution in [1.82, 2.24) is 9.62 Å². The van der Waals surface area contributed by atoms with Gasteiger partial charge in [0.05, 0.1) is 17.2 Å². The third kappa shape index (κ3) is 4.86. The minimum Gasteiger partial charge on any atom is -0.399 e. The molecule has 1 aliphatic rings. The average Bonchev–Trinajstić information content (AvgIpc) is 3.20. The molecular formula is C21H25N3O5S. The van der Waals surface area contributed by atoms with Gasteiger partial charge in [-0.3, -0.25) is 4.79 Å². The molecule has 30 heavy (non-hydrogen) atoms. The third-order valence-electron chi connectivity index (χ3n) is 4.84. The highest BCUT2D eigenvalue weighted by atomic mass is 32.2. The number of sulfonamides is 1. The zero-order valence-corrected chi connectivity index (χ0v) is 17.5. The Kier molecular flexibility index (Phi) is 7.20. The zero-order chi connectivity index (χ0) is 21.6. The summed E-state index contributed by atoms with van der Waals surface area (Å²) in [6.45, 7) is 0.189. The maximum atomic E-state index is 13.3. The van der Waals surface area contributed by atoms with Crippen LogP contribution >= 0.6 is 0 Å². The minimum absolute atomic E-state index is 0.0192. The molecule has 0 radical (unpaired) electrons. The van der Waals surface area contributed by atoms with Crippen molar-refractivity contribution in [2.45, 2.75) is 23.8 Å². The standard InChI is InChI=1S/C21H25N3O5S/c1-29-23-18-14-20(21(26)22-12-5-13-25)24(15-18)30(27,28)19-10-8-17(9-11-19)16-6-3-2-4-7-16/h2-4,6-11,20,25H,5,12-15H2,1H3,(H,22,26)/b23-18+/t20-/m0/s1. The number of nitrogens with zero attached hydrogens (tertiary/aromatic N) is 2. The Balaban J connectivity index is 1.86. The third-order valence-corrected chi connectivity index (χ3v) is 6.71. The lowest BCUT2D eigenvalue weighted by Crippen LogP contribution is -2.46. The van der Waals surface area contributed by atoms with Crippen LogP contribution in [0.5, 0.6) is 0 Å². The van der Waals surface area contributed by atoms with Crippen molar-refractivity contribution >= 4 is 21.6 Å². The zero-order valence-electron chi connectivity index (χ0n) is 16.7. The van der Waals surface area contributed by atoms with E-state index in [2.05, 4.69) is 10.5 Å². The Morgan fingerprint density at radius 2 is 1.83 bits per heavy atom. The van der Waals surface area contributed by atoms with Gasteiger partial charge in [-0.25, -0.2) is 8.42 Å². The molecule has 9 heteroatoms. The minimum atomic E-state index is -3.93. The van der Waals surface area contributed by atoms with Gasteiger partial charge < -0.3 is 15.3 Å². The van der Waals surface area contributed by atoms with Crippen molar-refractivity contribution < 1.29 is 23.2 Å². The number of carbonyl (C=O) groups excluding carboxylic acids is 1. The highest BCUT2D eigenvalue weighted by Gasteiger charge is 2.42. The van der Waals surface area contributed by atoms with E-state index in [0.29, 0.717) is 12.1 Å². The van der Waals surface area contributed by atoms with E-state index < -0.39 is 22.0 Å². The molecular weight excluding hydrogens is 406 g/mol. The van der Waals surface area contributed by atoms with E-state index in [4.69, 9.17) is 9.94 Å². The number of nitrogens with one attached hydrogen (secondary N) is 1. The number of aliphatic hydroxyl groups is 1. The van der Waals surface area contributed by atoms with Crippen LogP contribution in [0.1, 0.15) is 12.8 Å². The van der Waals surface area contributed by atoms with Gasteiger partial charge in [0.2, 0.25) is 15.9 Å². The molecule has 0 spiro atoms. The summed E-state index contributed by atoms with van der Waals surface area (Å²) in [4.78, 5) is 17.5. The van der Waals surface area contributed by atoms with Crippen LogP contribution in [-0.2, 0) is 19.7 Å². The quantitative estimate of drug-likeness (QED) is 0.488. The molecule has 1 saturated heterocycles. The van der Waals surface area contributed by atoms with E-state index >= 15 is 0 Å². The molecule has 1 amide bonds. The van der Waals surface area contributed by atoms with Gasteiger partial charge in [0.15, 0.2) is 0 Å². The van der Waals surface area contributed by atoms with Crippen LogP contribution in [0.3, 0.4) is 0 Å². The maximum absolute atomic E-state index is 13.3. The van der Waals surface area contributed by atoms with Crippen molar-refractivity contribution in [3.63, 3.8) is 0 Å². The van der Waals surface area contributed by atoms with Crippen molar-refractivity contribution in [2.24, 2.45) is 5.16 Å². The molecule has 0 saturated carbocycles. The molecule has 3 rings (SSSR count). The van der Waals surface area contributed by atoms with Crippen LogP contribution in [0.15, 0.2) is 64.6 Å². The average molecular weight is 432 g/mol. The van der Waals surface area contributed by atoms with Crippen LogP contribution in [-0.4, -0.2) is 62.3 Å². The topological polar surface area (TPSA) is 108 Å². The number of hydrogen-bond donors (Lipinski definition) is 2. The molecule has 2 aromatic rings. The number of aliphatic hydroxyl groups excluding tert-OH is 1. The van der Waals surface area contributed by atoms with Crippen LogP contribution in [0.4, 0.5) is 0 Å². The summed E-state index contributed by atoms with van der Waals surface area (Å²) in [6.07, 6.45) is 0.547. The highest BCUT2D eigenvalue weighted by molar-refractivity contribution is 7.89. The lowest BCUT2D eigenvalue weighted by molar-refractivity contribution is -0.124. The molecule has 0 aromatic heterocycles. The lowest BCUT2D eigenvalue weighted by Gasteiger charge is -2.23. The molecule has 2 aromatic carbocycles. The summed E-state index contributed by atoms with van der Waals surface area (Å²) in [5.41, 5.74) is 2.36. The first-order valence-corrected chi connectivity index (χ1v) is 11.1. The van der Waals surface area contributed by atoms with Gasteiger partial charge in [-0.05, 0) is 29.7 Å². The second-order valence-electron chi connectivity index (χ2n) is 6.87. The first kappa shape index (κ1) is 21.9. The second-order valence-corrected chi connectivity index (χ2v) is 8.76. The van der Waals surface area contributed by atoms with Gasteiger partial charge in [0.1, 0.15) is 13.2 Å². The van der Waals surface area contributed by atoms with Gasteiger partial charge >= 0.3 is 0 Å². The summed E-state index contributed by atoms with van der Waals surface area (Å²) in [5, 5.41) is 15.4. The first-order chi connectivity index (χ1) is 14.5. The van der Waals surface area contributed by atoms with Crippen molar-refractivity contribution in [3.8, 4) is 11.1 Å². The van der Waals surface area contributed by atoms with Crippen LogP contribution in [0.2, 0.25) is 0 Å².